The van der Waals surface area contributed by atoms with Gasteiger partial charge in [0.2, 0.25) is 0 Å². The molecule has 0 aromatic heterocycles. The van der Waals surface area contributed by atoms with Crippen LogP contribution in [0.25, 0.3) is 0 Å². The minimum atomic E-state index is -0.0647. The molecule has 10 aliphatic rings. The summed E-state index contributed by atoms with van der Waals surface area (Å²) in [5, 5.41) is 15.6. The van der Waals surface area contributed by atoms with Crippen LogP contribution in [-0.2, 0) is 9.53 Å². The molecular weight excluding hydrogens is 861 g/mol. The molecule has 7 heteroatoms. The van der Waals surface area contributed by atoms with Crippen LogP contribution in [0.2, 0.25) is 0 Å². The summed E-state index contributed by atoms with van der Waals surface area (Å²) in [7, 11) is 0. The first-order chi connectivity index (χ1) is 33.4. The number of allylic oxidation sites excluding steroid dienone is 12. The lowest BCUT2D eigenvalue weighted by Crippen LogP contribution is -2.56. The first kappa shape index (κ1) is 49.6. The molecule has 0 amide bonds. The van der Waals surface area contributed by atoms with E-state index in [1.807, 2.05) is 0 Å². The molecule has 0 aromatic rings. The van der Waals surface area contributed by atoms with Crippen LogP contribution in [0, 0.1) is 75.9 Å². The summed E-state index contributed by atoms with van der Waals surface area (Å²) in [4.78, 5) is 30.0. The highest BCUT2D eigenvalue weighted by molar-refractivity contribution is 6.21. The standard InChI is InChI=1S/C63H88N4O3/c1-14-40(33(4)5)18-17-34(6)46-22-23-48-44-19-21-47-38(10)57(26-28-63(47,13)49(44)25-27-62(46,48)12)70-58(69)24-20-43-37(9)52-30-50-35(7)41(15-2)54(64-50)31-51-36(8)42(16-3)55(65-51)32-53-39(11)59-56(68)29-45(60(43)66-52)61(59)67-53/h30-34,37-38,40,43-44,46-49,57,66,68H,14-29H2,1-13H3/t34-,37+,38+,40?,43+,44+,46-,47+,48+,49+,57+,62-,63+/m1/s1. The van der Waals surface area contributed by atoms with E-state index in [9.17, 15) is 9.90 Å². The molecule has 8 bridgehead atoms. The van der Waals surface area contributed by atoms with E-state index in [4.69, 9.17) is 19.7 Å². The molecule has 5 aliphatic carbocycles. The normalized spacial score (nSPS) is 36.4. The molecule has 378 valence electrons. The molecule has 10 rings (SSSR count). The number of rotatable bonds is 12. The number of nitrogens with zero attached hydrogens (tertiary/aromatic N) is 3. The SMILES string of the molecule is CCC1=C(C)C2=NC1=CC1=C(C)C3=C(O)CC(=C4NC(=CC5=NC(=C2)C(CC)=C5C)[C@@H](C)[C@@H]4CCC(=O)O[C@H]2CC[C@@]4(C)[C@@H](CC[C@@H]5[C@@H]4CC[C@]4(C)[C@@H]([C@H](C)CCC(CC)C(C)C)CC[C@@H]54)[C@@H]2C)C3=N1. The van der Waals surface area contributed by atoms with Crippen LogP contribution in [0.3, 0.4) is 0 Å². The van der Waals surface area contributed by atoms with Crippen molar-refractivity contribution in [3.05, 3.63) is 91.5 Å². The maximum absolute atomic E-state index is 14.3. The number of nitrogens with one attached hydrogen (secondary N) is 1. The van der Waals surface area contributed by atoms with Crippen molar-refractivity contribution < 1.29 is 14.6 Å². The van der Waals surface area contributed by atoms with Gasteiger partial charge in [0.05, 0.1) is 34.2 Å². The molecule has 1 unspecified atom stereocenters. The lowest BCUT2D eigenvalue weighted by molar-refractivity contribution is -0.175. The van der Waals surface area contributed by atoms with Crippen molar-refractivity contribution in [3.8, 4) is 0 Å². The molecule has 2 N–H and O–H groups in total. The predicted octanol–water partition coefficient (Wildman–Crippen LogP) is 15.8. The van der Waals surface area contributed by atoms with Crippen molar-refractivity contribution >= 4 is 23.1 Å². The van der Waals surface area contributed by atoms with Gasteiger partial charge in [-0.3, -0.25) is 4.79 Å². The van der Waals surface area contributed by atoms with Crippen LogP contribution in [0.4, 0.5) is 0 Å². The summed E-state index contributed by atoms with van der Waals surface area (Å²) in [6.45, 7) is 30.8. The second kappa shape index (κ2) is 18.8. The summed E-state index contributed by atoms with van der Waals surface area (Å²) in [5.41, 5.74) is 16.2. The summed E-state index contributed by atoms with van der Waals surface area (Å²) in [5.74, 6) is 7.28. The van der Waals surface area contributed by atoms with E-state index >= 15 is 0 Å². The number of carbonyl (C=O) groups is 1. The summed E-state index contributed by atoms with van der Waals surface area (Å²) in [6.07, 6.45) is 24.3. The maximum Gasteiger partial charge on any atom is 0.306 e. The lowest BCUT2D eigenvalue weighted by atomic mass is 9.43. The van der Waals surface area contributed by atoms with Gasteiger partial charge in [-0.05, 0) is 208 Å². The number of ether oxygens (including phenoxy) is 1. The number of hydrogen-bond acceptors (Lipinski definition) is 7. The fraction of sp³-hybridized carbons (Fsp3) is 0.683. The Kier molecular flexibility index (Phi) is 13.3. The van der Waals surface area contributed by atoms with Crippen LogP contribution >= 0.6 is 0 Å². The minimum Gasteiger partial charge on any atom is -0.511 e. The summed E-state index contributed by atoms with van der Waals surface area (Å²) < 4.78 is 6.65. The fourth-order valence-corrected chi connectivity index (χ4v) is 17.6. The Morgan fingerprint density at radius 3 is 2.14 bits per heavy atom. The number of aliphatic imine (C=N–C) groups is 3. The highest BCUT2D eigenvalue weighted by Gasteiger charge is 2.62. The van der Waals surface area contributed by atoms with Crippen LogP contribution in [0.15, 0.2) is 106 Å². The largest absolute Gasteiger partial charge is 0.511 e. The average Bonchev–Trinajstić information content (AvgIpc) is 4.14. The van der Waals surface area contributed by atoms with Gasteiger partial charge in [-0.2, -0.15) is 0 Å². The van der Waals surface area contributed by atoms with Gasteiger partial charge in [-0.25, -0.2) is 15.0 Å². The van der Waals surface area contributed by atoms with Gasteiger partial charge in [0.1, 0.15) is 11.9 Å². The molecule has 0 aromatic carbocycles. The highest BCUT2D eigenvalue weighted by atomic mass is 16.5. The molecular formula is C63H88N4O3. The zero-order chi connectivity index (χ0) is 49.7. The van der Waals surface area contributed by atoms with E-state index in [2.05, 4.69) is 114 Å². The Labute approximate surface area is 422 Å². The number of aliphatic hydroxyl groups is 1. The van der Waals surface area contributed by atoms with Crippen molar-refractivity contribution in [3.63, 3.8) is 0 Å². The van der Waals surface area contributed by atoms with E-state index in [0.29, 0.717) is 47.7 Å². The maximum atomic E-state index is 14.3. The highest BCUT2D eigenvalue weighted by Crippen LogP contribution is 2.69. The van der Waals surface area contributed by atoms with E-state index in [1.165, 1.54) is 86.5 Å². The molecule has 0 radical (unpaired) electrons. The quantitative estimate of drug-likeness (QED) is 0.191. The van der Waals surface area contributed by atoms with Gasteiger partial charge >= 0.3 is 5.97 Å². The number of fused-ring (bicyclic) bond motifs is 10. The number of aliphatic hydroxyl groups excluding tert-OH is 1. The Morgan fingerprint density at radius 2 is 1.46 bits per heavy atom. The molecule has 70 heavy (non-hydrogen) atoms. The number of carbonyl (C=O) groups excluding carboxylic acids is 1. The van der Waals surface area contributed by atoms with Crippen molar-refractivity contribution in [1.82, 2.24) is 5.32 Å². The average molecular weight is 949 g/mol. The van der Waals surface area contributed by atoms with Crippen molar-refractivity contribution in [2.45, 2.75) is 199 Å². The molecule has 7 nitrogen and oxygen atoms in total. The van der Waals surface area contributed by atoms with Crippen LogP contribution in [0.1, 0.15) is 193 Å². The third kappa shape index (κ3) is 8.02. The zero-order valence-electron chi connectivity index (χ0n) is 45.6. The van der Waals surface area contributed by atoms with Crippen molar-refractivity contribution in [1.29, 1.82) is 0 Å². The van der Waals surface area contributed by atoms with E-state index in [1.54, 1.807) is 0 Å². The predicted molar refractivity (Wildman–Crippen MR) is 288 cm³/mol. The first-order valence-corrected chi connectivity index (χ1v) is 28.6. The molecule has 5 fully saturated rings. The minimum absolute atomic E-state index is 0.0225. The van der Waals surface area contributed by atoms with Crippen LogP contribution in [-0.4, -0.2) is 34.3 Å². The topological polar surface area (TPSA) is 95.6 Å². The second-order valence-electron chi connectivity index (χ2n) is 25.2. The van der Waals surface area contributed by atoms with E-state index < -0.39 is 0 Å². The van der Waals surface area contributed by atoms with E-state index in [-0.39, 0.29) is 23.9 Å². The van der Waals surface area contributed by atoms with Crippen LogP contribution < -0.4 is 5.32 Å². The van der Waals surface area contributed by atoms with Gasteiger partial charge in [0.15, 0.2) is 0 Å². The molecule has 4 saturated carbocycles. The Balaban J connectivity index is 0.853. The van der Waals surface area contributed by atoms with Gasteiger partial charge < -0.3 is 15.2 Å². The fourth-order valence-electron chi connectivity index (χ4n) is 17.6. The lowest BCUT2D eigenvalue weighted by Gasteiger charge is -2.62. The van der Waals surface area contributed by atoms with Crippen molar-refractivity contribution in [2.24, 2.45) is 90.9 Å². The smallest absolute Gasteiger partial charge is 0.306 e. The Morgan fingerprint density at radius 1 is 0.800 bits per heavy atom. The molecule has 5 aliphatic heterocycles. The Hall–Kier alpha value is -4.00. The zero-order valence-corrected chi connectivity index (χ0v) is 45.6. The van der Waals surface area contributed by atoms with Gasteiger partial charge in [0.25, 0.3) is 0 Å². The summed E-state index contributed by atoms with van der Waals surface area (Å²) in [6, 6.07) is 0. The molecule has 5 heterocycles. The summed E-state index contributed by atoms with van der Waals surface area (Å²) >= 11 is 0. The van der Waals surface area contributed by atoms with E-state index in [0.717, 1.165) is 123 Å². The molecule has 1 saturated heterocycles. The number of esters is 1. The third-order valence-corrected chi connectivity index (χ3v) is 21.8. The van der Waals surface area contributed by atoms with Gasteiger partial charge in [-0.15, -0.1) is 0 Å². The third-order valence-electron chi connectivity index (χ3n) is 21.8. The van der Waals surface area contributed by atoms with Gasteiger partial charge in [0, 0.05) is 47.2 Å². The van der Waals surface area contributed by atoms with Crippen molar-refractivity contribution in [2.75, 3.05) is 0 Å². The van der Waals surface area contributed by atoms with Gasteiger partial charge in [-0.1, -0.05) is 82.1 Å². The first-order valence-electron chi connectivity index (χ1n) is 28.6. The molecule has 0 spiro atoms. The second-order valence-corrected chi connectivity index (χ2v) is 25.2. The Bertz CT molecular complexity index is 2570. The monoisotopic (exact) mass is 949 g/mol. The van der Waals surface area contributed by atoms with Crippen LogP contribution in [0.5, 0.6) is 0 Å². The molecule has 13 atom stereocenters. The number of hydrogen-bond donors (Lipinski definition) is 2.